The van der Waals surface area contributed by atoms with Crippen LogP contribution in [0.5, 0.6) is 0 Å². The summed E-state index contributed by atoms with van der Waals surface area (Å²) in [6, 6.07) is 5.72. The summed E-state index contributed by atoms with van der Waals surface area (Å²) < 4.78 is 0.914. The van der Waals surface area contributed by atoms with E-state index >= 15 is 0 Å². The Morgan fingerprint density at radius 1 is 1.42 bits per heavy atom. The Morgan fingerprint density at radius 3 is 2.89 bits per heavy atom. The standard InChI is InChI=1S/C15H20BrNO2/c1-10-5-6-13(16)7-14(10)15(19)17-8-11-3-2-4-12(11)9-18/h5-7,11-12,18H,2-4,8-9H2,1H3,(H,17,19). The Labute approximate surface area is 122 Å². The maximum absolute atomic E-state index is 12.2. The number of rotatable bonds is 4. The van der Waals surface area contributed by atoms with Crippen molar-refractivity contribution in [2.24, 2.45) is 11.8 Å². The van der Waals surface area contributed by atoms with Gasteiger partial charge in [0.05, 0.1) is 0 Å². The highest BCUT2D eigenvalue weighted by Gasteiger charge is 2.26. The predicted octanol–water partition coefficient (Wildman–Crippen LogP) is 2.90. The molecule has 1 aromatic carbocycles. The molecule has 4 heteroatoms. The summed E-state index contributed by atoms with van der Waals surface area (Å²) in [5, 5.41) is 12.3. The van der Waals surface area contributed by atoms with E-state index in [9.17, 15) is 9.90 Å². The van der Waals surface area contributed by atoms with Crippen molar-refractivity contribution in [1.29, 1.82) is 0 Å². The number of aliphatic hydroxyl groups excluding tert-OH is 1. The highest BCUT2D eigenvalue weighted by Crippen LogP contribution is 2.30. The van der Waals surface area contributed by atoms with Crippen LogP contribution in [0.2, 0.25) is 0 Å². The Morgan fingerprint density at radius 2 is 2.16 bits per heavy atom. The second kappa shape index (κ2) is 6.53. The van der Waals surface area contributed by atoms with Crippen LogP contribution in [-0.2, 0) is 0 Å². The number of nitrogens with one attached hydrogen (secondary N) is 1. The van der Waals surface area contributed by atoms with Gasteiger partial charge in [-0.3, -0.25) is 4.79 Å². The molecule has 2 unspecified atom stereocenters. The third-order valence-corrected chi connectivity index (χ3v) is 4.51. The lowest BCUT2D eigenvalue weighted by Crippen LogP contribution is -2.32. The first-order chi connectivity index (χ1) is 9.11. The summed E-state index contributed by atoms with van der Waals surface area (Å²) in [6.45, 7) is 2.83. The van der Waals surface area contributed by atoms with Crippen LogP contribution in [-0.4, -0.2) is 24.2 Å². The lowest BCUT2D eigenvalue weighted by Gasteiger charge is -2.18. The van der Waals surface area contributed by atoms with E-state index in [1.807, 2.05) is 25.1 Å². The first-order valence-electron chi connectivity index (χ1n) is 6.77. The smallest absolute Gasteiger partial charge is 0.251 e. The molecule has 0 spiro atoms. The zero-order valence-electron chi connectivity index (χ0n) is 11.2. The molecule has 1 aromatic rings. The molecule has 0 radical (unpaired) electrons. The number of hydrogen-bond donors (Lipinski definition) is 2. The summed E-state index contributed by atoms with van der Waals surface area (Å²) in [4.78, 5) is 12.2. The van der Waals surface area contributed by atoms with E-state index in [4.69, 9.17) is 0 Å². The molecule has 1 aliphatic rings. The molecule has 0 aliphatic heterocycles. The fraction of sp³-hybridized carbons (Fsp3) is 0.533. The first kappa shape index (κ1) is 14.5. The molecule has 104 valence electrons. The minimum Gasteiger partial charge on any atom is -0.396 e. The third kappa shape index (κ3) is 3.57. The minimum absolute atomic E-state index is 0.0256. The maximum atomic E-state index is 12.2. The predicted molar refractivity (Wildman–Crippen MR) is 79.1 cm³/mol. The Bertz CT molecular complexity index is 461. The number of benzene rings is 1. The molecule has 2 N–H and O–H groups in total. The van der Waals surface area contributed by atoms with Gasteiger partial charge in [0.25, 0.3) is 5.91 Å². The quantitative estimate of drug-likeness (QED) is 0.894. The van der Waals surface area contributed by atoms with Gasteiger partial charge >= 0.3 is 0 Å². The molecule has 2 rings (SSSR count). The number of amides is 1. The van der Waals surface area contributed by atoms with Crippen molar-refractivity contribution in [2.75, 3.05) is 13.2 Å². The van der Waals surface area contributed by atoms with E-state index in [1.165, 1.54) is 0 Å². The summed E-state index contributed by atoms with van der Waals surface area (Å²) in [6.07, 6.45) is 3.33. The van der Waals surface area contributed by atoms with Crippen LogP contribution in [0.3, 0.4) is 0 Å². The van der Waals surface area contributed by atoms with Crippen molar-refractivity contribution < 1.29 is 9.90 Å². The molecule has 19 heavy (non-hydrogen) atoms. The zero-order chi connectivity index (χ0) is 13.8. The van der Waals surface area contributed by atoms with Crippen LogP contribution in [0.25, 0.3) is 0 Å². The van der Waals surface area contributed by atoms with E-state index in [2.05, 4.69) is 21.2 Å². The number of aliphatic hydroxyl groups is 1. The number of halogens is 1. The fourth-order valence-electron chi connectivity index (χ4n) is 2.78. The highest BCUT2D eigenvalue weighted by atomic mass is 79.9. The zero-order valence-corrected chi connectivity index (χ0v) is 12.7. The number of hydrogen-bond acceptors (Lipinski definition) is 2. The molecule has 1 aliphatic carbocycles. The van der Waals surface area contributed by atoms with Crippen LogP contribution < -0.4 is 5.32 Å². The minimum atomic E-state index is -0.0256. The van der Waals surface area contributed by atoms with Crippen LogP contribution in [0.1, 0.15) is 35.2 Å². The van der Waals surface area contributed by atoms with Crippen molar-refractivity contribution in [3.05, 3.63) is 33.8 Å². The lowest BCUT2D eigenvalue weighted by atomic mass is 9.97. The van der Waals surface area contributed by atoms with E-state index < -0.39 is 0 Å². The van der Waals surface area contributed by atoms with E-state index in [-0.39, 0.29) is 12.5 Å². The van der Waals surface area contributed by atoms with Gasteiger partial charge in [-0.25, -0.2) is 0 Å². The third-order valence-electron chi connectivity index (χ3n) is 4.02. The van der Waals surface area contributed by atoms with Crippen molar-refractivity contribution >= 4 is 21.8 Å². The molecule has 0 bridgehead atoms. The van der Waals surface area contributed by atoms with Crippen molar-refractivity contribution in [2.45, 2.75) is 26.2 Å². The normalized spacial score (nSPS) is 22.5. The van der Waals surface area contributed by atoms with Crippen LogP contribution in [0.4, 0.5) is 0 Å². The number of carbonyl (C=O) groups excluding carboxylic acids is 1. The van der Waals surface area contributed by atoms with Gasteiger partial charge in [-0.15, -0.1) is 0 Å². The second-order valence-corrected chi connectivity index (χ2v) is 6.22. The van der Waals surface area contributed by atoms with Crippen molar-refractivity contribution in [3.63, 3.8) is 0 Å². The van der Waals surface area contributed by atoms with Gasteiger partial charge in [-0.2, -0.15) is 0 Å². The number of aryl methyl sites for hydroxylation is 1. The summed E-state index contributed by atoms with van der Waals surface area (Å²) >= 11 is 3.39. The molecule has 0 aromatic heterocycles. The molecule has 0 heterocycles. The molecular weight excluding hydrogens is 306 g/mol. The molecule has 2 atom stereocenters. The van der Waals surface area contributed by atoms with E-state index in [0.29, 0.717) is 23.9 Å². The van der Waals surface area contributed by atoms with E-state index in [1.54, 1.807) is 0 Å². The molecule has 1 saturated carbocycles. The monoisotopic (exact) mass is 325 g/mol. The highest BCUT2D eigenvalue weighted by molar-refractivity contribution is 9.10. The SMILES string of the molecule is Cc1ccc(Br)cc1C(=O)NCC1CCCC1CO. The van der Waals surface area contributed by atoms with Gasteiger partial charge in [0, 0.05) is 23.2 Å². The van der Waals surface area contributed by atoms with Gasteiger partial charge < -0.3 is 10.4 Å². The summed E-state index contributed by atoms with van der Waals surface area (Å²) in [5.74, 6) is 0.743. The van der Waals surface area contributed by atoms with Crippen molar-refractivity contribution in [3.8, 4) is 0 Å². The average Bonchev–Trinajstić information content (AvgIpc) is 2.86. The summed E-state index contributed by atoms with van der Waals surface area (Å²) in [5.41, 5.74) is 1.69. The Hall–Kier alpha value is -0.870. The lowest BCUT2D eigenvalue weighted by molar-refractivity contribution is 0.0937. The van der Waals surface area contributed by atoms with Crippen LogP contribution in [0, 0.1) is 18.8 Å². The molecular formula is C15H20BrNO2. The van der Waals surface area contributed by atoms with Crippen LogP contribution >= 0.6 is 15.9 Å². The Balaban J connectivity index is 1.96. The molecule has 0 saturated heterocycles. The van der Waals surface area contributed by atoms with Gasteiger partial charge in [0.2, 0.25) is 0 Å². The van der Waals surface area contributed by atoms with Crippen LogP contribution in [0.15, 0.2) is 22.7 Å². The first-order valence-corrected chi connectivity index (χ1v) is 7.56. The summed E-state index contributed by atoms with van der Waals surface area (Å²) in [7, 11) is 0. The average molecular weight is 326 g/mol. The van der Waals surface area contributed by atoms with Gasteiger partial charge in [-0.1, -0.05) is 28.4 Å². The van der Waals surface area contributed by atoms with Gasteiger partial charge in [-0.05, 0) is 49.3 Å². The largest absolute Gasteiger partial charge is 0.396 e. The molecule has 1 amide bonds. The van der Waals surface area contributed by atoms with Crippen molar-refractivity contribution in [1.82, 2.24) is 5.32 Å². The van der Waals surface area contributed by atoms with Gasteiger partial charge in [0.1, 0.15) is 0 Å². The molecule has 1 fully saturated rings. The number of carbonyl (C=O) groups is 1. The fourth-order valence-corrected chi connectivity index (χ4v) is 3.14. The maximum Gasteiger partial charge on any atom is 0.251 e. The molecule has 3 nitrogen and oxygen atoms in total. The van der Waals surface area contributed by atoms with E-state index in [0.717, 1.165) is 29.3 Å². The topological polar surface area (TPSA) is 49.3 Å². The van der Waals surface area contributed by atoms with Gasteiger partial charge in [0.15, 0.2) is 0 Å². The Kier molecular flexibility index (Phi) is 4.99. The second-order valence-electron chi connectivity index (χ2n) is 5.30.